The maximum absolute atomic E-state index is 13.1. The van der Waals surface area contributed by atoms with Crippen molar-refractivity contribution in [3.63, 3.8) is 0 Å². The molecule has 2 aromatic rings. The fourth-order valence-electron chi connectivity index (χ4n) is 4.44. The van der Waals surface area contributed by atoms with Crippen molar-refractivity contribution in [2.24, 2.45) is 5.92 Å². The maximum Gasteiger partial charge on any atom is 0.490 e. The monoisotopic (exact) mass is 525 g/mol. The molecule has 12 heteroatoms. The number of anilines is 1. The number of nitrogens with zero attached hydrogens (tertiary/aromatic N) is 2. The van der Waals surface area contributed by atoms with Gasteiger partial charge in [0.15, 0.2) is 0 Å². The molecule has 200 valence electrons. The van der Waals surface area contributed by atoms with Gasteiger partial charge in [-0.3, -0.25) is 14.6 Å². The number of ether oxygens (including phenoxy) is 1. The number of benzene rings is 1. The van der Waals surface area contributed by atoms with Gasteiger partial charge < -0.3 is 20.1 Å². The number of aromatic nitrogens is 1. The number of halogens is 4. The third kappa shape index (κ3) is 7.48. The summed E-state index contributed by atoms with van der Waals surface area (Å²) in [6.07, 6.45) is 0.130. The summed E-state index contributed by atoms with van der Waals surface area (Å²) in [4.78, 5) is 40.0. The van der Waals surface area contributed by atoms with Crippen LogP contribution in [-0.4, -0.2) is 63.7 Å². The molecule has 0 aliphatic carbocycles. The number of carbonyl (C=O) groups is 3. The number of piperidine rings is 1. The van der Waals surface area contributed by atoms with Crippen molar-refractivity contribution in [1.29, 1.82) is 0 Å². The summed E-state index contributed by atoms with van der Waals surface area (Å²) in [7, 11) is 0. The van der Waals surface area contributed by atoms with Gasteiger partial charge in [0.05, 0.1) is 23.9 Å². The number of carboxylic acid groups (broad SMARTS) is 1. The van der Waals surface area contributed by atoms with Crippen LogP contribution >= 0.6 is 0 Å². The molecule has 1 aromatic carbocycles. The number of likely N-dealkylation sites (tertiary alicyclic amines) is 1. The highest BCUT2D eigenvalue weighted by Gasteiger charge is 2.49. The van der Waals surface area contributed by atoms with E-state index in [-0.39, 0.29) is 35.6 Å². The van der Waals surface area contributed by atoms with Crippen LogP contribution in [0.2, 0.25) is 0 Å². The van der Waals surface area contributed by atoms with Crippen LogP contribution in [-0.2, 0) is 25.5 Å². The lowest BCUT2D eigenvalue weighted by molar-refractivity contribution is -0.192. The summed E-state index contributed by atoms with van der Waals surface area (Å²) in [5.41, 5.74) is 1.09. The number of rotatable bonds is 4. The van der Waals surface area contributed by atoms with E-state index in [1.807, 2.05) is 4.90 Å². The zero-order valence-corrected chi connectivity index (χ0v) is 20.0. The van der Waals surface area contributed by atoms with Crippen molar-refractivity contribution in [2.45, 2.75) is 50.5 Å². The Balaban J connectivity index is 0.000000479. The molecule has 3 atom stereocenters. The van der Waals surface area contributed by atoms with Crippen LogP contribution in [0, 0.1) is 11.7 Å². The molecule has 2 aliphatic rings. The Morgan fingerprint density at radius 3 is 2.43 bits per heavy atom. The van der Waals surface area contributed by atoms with Crippen LogP contribution in [0.4, 0.5) is 23.2 Å². The third-order valence-corrected chi connectivity index (χ3v) is 6.49. The minimum Gasteiger partial charge on any atom is -0.475 e. The second-order valence-corrected chi connectivity index (χ2v) is 9.04. The average Bonchev–Trinajstić information content (AvgIpc) is 3.28. The predicted molar refractivity (Wildman–Crippen MR) is 124 cm³/mol. The molecule has 4 rings (SSSR count). The molecule has 8 nitrogen and oxygen atoms in total. The number of hydrogen-bond acceptors (Lipinski definition) is 5. The smallest absolute Gasteiger partial charge is 0.475 e. The van der Waals surface area contributed by atoms with Crippen LogP contribution in [0.1, 0.15) is 31.7 Å². The lowest BCUT2D eigenvalue weighted by atomic mass is 9.80. The number of amides is 2. The molecule has 3 unspecified atom stereocenters. The van der Waals surface area contributed by atoms with Gasteiger partial charge in [-0.05, 0) is 49.1 Å². The first-order chi connectivity index (χ1) is 17.4. The highest BCUT2D eigenvalue weighted by Crippen LogP contribution is 2.42. The molecule has 0 bridgehead atoms. The average molecular weight is 525 g/mol. The topological polar surface area (TPSA) is 109 Å². The van der Waals surface area contributed by atoms with Gasteiger partial charge >= 0.3 is 12.1 Å². The molecule has 0 saturated carbocycles. The Hall–Kier alpha value is -3.54. The van der Waals surface area contributed by atoms with Crippen molar-refractivity contribution in [2.75, 3.05) is 18.4 Å². The second-order valence-electron chi connectivity index (χ2n) is 9.04. The first kappa shape index (κ1) is 28.0. The number of aliphatic carboxylic acids is 1. The molecule has 1 aromatic heterocycles. The molecule has 2 aliphatic heterocycles. The van der Waals surface area contributed by atoms with E-state index in [9.17, 15) is 27.2 Å². The fourth-order valence-corrected chi connectivity index (χ4v) is 4.44. The van der Waals surface area contributed by atoms with E-state index in [1.165, 1.54) is 12.1 Å². The van der Waals surface area contributed by atoms with Gasteiger partial charge in [-0.15, -0.1) is 0 Å². The summed E-state index contributed by atoms with van der Waals surface area (Å²) in [5, 5.41) is 9.99. The minimum absolute atomic E-state index is 0.0344. The first-order valence-electron chi connectivity index (χ1n) is 11.6. The Labute approximate surface area is 210 Å². The van der Waals surface area contributed by atoms with Crippen LogP contribution in [0.15, 0.2) is 48.8 Å². The van der Waals surface area contributed by atoms with E-state index in [0.29, 0.717) is 31.6 Å². The van der Waals surface area contributed by atoms with E-state index < -0.39 is 18.2 Å². The second kappa shape index (κ2) is 11.7. The summed E-state index contributed by atoms with van der Waals surface area (Å²) in [6, 6.07) is 9.61. The lowest BCUT2D eigenvalue weighted by Gasteiger charge is -2.44. The first-order valence-corrected chi connectivity index (χ1v) is 11.6. The molecule has 2 fully saturated rings. The molecule has 2 N–H and O–H groups in total. The van der Waals surface area contributed by atoms with E-state index >= 15 is 0 Å². The SMILES string of the molecule is CC1CN(C(=O)Cc2ccc(F)cc2)CCC12CCC(C(=O)Nc1cccnc1)O2.O=C(O)C(F)(F)F. The van der Waals surface area contributed by atoms with E-state index in [2.05, 4.69) is 17.2 Å². The van der Waals surface area contributed by atoms with Crippen LogP contribution < -0.4 is 5.32 Å². The van der Waals surface area contributed by atoms with Gasteiger partial charge in [0.2, 0.25) is 5.91 Å². The third-order valence-electron chi connectivity index (χ3n) is 6.49. The summed E-state index contributed by atoms with van der Waals surface area (Å²) in [5.74, 6) is -3.05. The van der Waals surface area contributed by atoms with Crippen molar-refractivity contribution < 1.29 is 41.8 Å². The van der Waals surface area contributed by atoms with Crippen LogP contribution in [0.25, 0.3) is 0 Å². The van der Waals surface area contributed by atoms with Gasteiger partial charge in [-0.1, -0.05) is 19.1 Å². The van der Waals surface area contributed by atoms with Gasteiger partial charge in [-0.25, -0.2) is 9.18 Å². The standard InChI is InChI=1S/C23H26FN3O3.C2HF3O2/c1-16-15-27(21(28)13-17-4-6-18(24)7-5-17)12-10-23(16)9-8-20(30-23)22(29)26-19-3-2-11-25-14-19;3-2(4,5)1(6)7/h2-7,11,14,16,20H,8-10,12-13,15H2,1H3,(H,26,29);(H,6,7). The Kier molecular flexibility index (Phi) is 8.85. The summed E-state index contributed by atoms with van der Waals surface area (Å²) in [6.45, 7) is 3.27. The molecule has 0 radical (unpaired) electrons. The predicted octanol–water partition coefficient (Wildman–Crippen LogP) is 3.82. The van der Waals surface area contributed by atoms with E-state index in [4.69, 9.17) is 14.6 Å². The highest BCUT2D eigenvalue weighted by atomic mass is 19.4. The zero-order valence-electron chi connectivity index (χ0n) is 20.0. The van der Waals surface area contributed by atoms with Crippen molar-refractivity contribution in [3.8, 4) is 0 Å². The molecule has 3 heterocycles. The molecule has 2 saturated heterocycles. The minimum atomic E-state index is -5.08. The number of alkyl halides is 3. The van der Waals surface area contributed by atoms with E-state index in [0.717, 1.165) is 12.0 Å². The zero-order chi connectivity index (χ0) is 27.2. The van der Waals surface area contributed by atoms with Crippen molar-refractivity contribution in [3.05, 3.63) is 60.2 Å². The number of nitrogens with one attached hydrogen (secondary N) is 1. The molecule has 1 spiro atoms. The maximum atomic E-state index is 13.1. The molecule has 37 heavy (non-hydrogen) atoms. The number of carbonyl (C=O) groups excluding carboxylic acids is 2. The molecular weight excluding hydrogens is 498 g/mol. The number of carboxylic acids is 1. The van der Waals surface area contributed by atoms with Gasteiger partial charge in [0, 0.05) is 25.2 Å². The van der Waals surface area contributed by atoms with Gasteiger partial charge in [0.1, 0.15) is 11.9 Å². The quantitative estimate of drug-likeness (QED) is 0.588. The van der Waals surface area contributed by atoms with Crippen molar-refractivity contribution >= 4 is 23.5 Å². The highest BCUT2D eigenvalue weighted by molar-refractivity contribution is 5.94. The summed E-state index contributed by atoms with van der Waals surface area (Å²) >= 11 is 0. The number of pyridine rings is 1. The lowest BCUT2D eigenvalue weighted by Crippen LogP contribution is -2.53. The normalized spacial score (nSPS) is 23.2. The van der Waals surface area contributed by atoms with Gasteiger partial charge in [-0.2, -0.15) is 13.2 Å². The van der Waals surface area contributed by atoms with Crippen LogP contribution in [0.3, 0.4) is 0 Å². The Morgan fingerprint density at radius 2 is 1.86 bits per heavy atom. The Morgan fingerprint density at radius 1 is 1.19 bits per heavy atom. The van der Waals surface area contributed by atoms with Gasteiger partial charge in [0.25, 0.3) is 5.91 Å². The largest absolute Gasteiger partial charge is 0.490 e. The van der Waals surface area contributed by atoms with Crippen LogP contribution in [0.5, 0.6) is 0 Å². The fraction of sp³-hybridized carbons (Fsp3) is 0.440. The molecular formula is C25H27F4N3O5. The number of hydrogen-bond donors (Lipinski definition) is 2. The van der Waals surface area contributed by atoms with Crippen molar-refractivity contribution in [1.82, 2.24) is 9.88 Å². The Bertz CT molecular complexity index is 1100. The molecule has 2 amide bonds. The van der Waals surface area contributed by atoms with E-state index in [1.54, 1.807) is 36.7 Å². The summed E-state index contributed by atoms with van der Waals surface area (Å²) < 4.78 is 51.1.